The van der Waals surface area contributed by atoms with Crippen molar-refractivity contribution in [3.05, 3.63) is 54.8 Å². The molecule has 128 valence electrons. The Morgan fingerprint density at radius 2 is 2.00 bits per heavy atom. The number of aromatic nitrogens is 2. The van der Waals surface area contributed by atoms with E-state index in [9.17, 15) is 4.79 Å². The van der Waals surface area contributed by atoms with Crippen LogP contribution in [0.3, 0.4) is 0 Å². The predicted octanol–water partition coefficient (Wildman–Crippen LogP) is 4.03. The lowest BCUT2D eigenvalue weighted by atomic mass is 9.81. The maximum atomic E-state index is 13.1. The van der Waals surface area contributed by atoms with Crippen LogP contribution in [0.5, 0.6) is 0 Å². The van der Waals surface area contributed by atoms with Crippen LogP contribution in [0.15, 0.2) is 48.4 Å². The van der Waals surface area contributed by atoms with Gasteiger partial charge in [-0.3, -0.25) is 9.69 Å². The second kappa shape index (κ2) is 6.24. The average molecular weight is 334 g/mol. The number of amides is 1. The number of fused-ring (bicyclic) bond motifs is 1. The zero-order valence-electron chi connectivity index (χ0n) is 15.1. The van der Waals surface area contributed by atoms with Crippen molar-refractivity contribution in [3.63, 3.8) is 0 Å². The number of carbonyl (C=O) groups excluding carboxylic acids is 1. The second-order valence-electron chi connectivity index (χ2n) is 6.44. The Balaban J connectivity index is 2.18. The Morgan fingerprint density at radius 1 is 1.32 bits per heavy atom. The summed E-state index contributed by atoms with van der Waals surface area (Å²) in [5, 5.41) is 0. The van der Waals surface area contributed by atoms with Crippen molar-refractivity contribution in [1.82, 2.24) is 9.97 Å². The van der Waals surface area contributed by atoms with E-state index >= 15 is 0 Å². The summed E-state index contributed by atoms with van der Waals surface area (Å²) >= 11 is 0. The van der Waals surface area contributed by atoms with E-state index in [4.69, 9.17) is 0 Å². The van der Waals surface area contributed by atoms with Crippen molar-refractivity contribution in [1.29, 1.82) is 0 Å². The first-order valence-corrected chi connectivity index (χ1v) is 8.35. The minimum atomic E-state index is -0.546. The summed E-state index contributed by atoms with van der Waals surface area (Å²) < 4.78 is 0. The van der Waals surface area contributed by atoms with Gasteiger partial charge in [-0.15, -0.1) is 0 Å². The number of amidine groups is 1. The fraction of sp³-hybridized carbons (Fsp3) is 0.300. The lowest BCUT2D eigenvalue weighted by molar-refractivity contribution is -0.121. The summed E-state index contributed by atoms with van der Waals surface area (Å²) in [6, 6.07) is 6.08. The Kier molecular flexibility index (Phi) is 4.25. The van der Waals surface area contributed by atoms with Gasteiger partial charge in [-0.1, -0.05) is 25.6 Å². The third kappa shape index (κ3) is 2.65. The van der Waals surface area contributed by atoms with Crippen LogP contribution < -0.4 is 4.90 Å². The first-order valence-electron chi connectivity index (χ1n) is 8.35. The molecular formula is C20H22N4O. The fourth-order valence-corrected chi connectivity index (χ4v) is 3.23. The summed E-state index contributed by atoms with van der Waals surface area (Å²) in [5.41, 5.74) is 3.24. The summed E-state index contributed by atoms with van der Waals surface area (Å²) in [6.07, 6.45) is 5.79. The first kappa shape index (κ1) is 17.0. The molecule has 1 unspecified atom stereocenters. The smallest absolute Gasteiger partial charge is 0.242 e. The number of aliphatic imine (C=N–C) groups is 1. The molecule has 0 bridgehead atoms. The predicted molar refractivity (Wildman–Crippen MR) is 101 cm³/mol. The van der Waals surface area contributed by atoms with E-state index in [1.807, 2.05) is 45.9 Å². The van der Waals surface area contributed by atoms with Crippen molar-refractivity contribution in [2.75, 3.05) is 4.90 Å². The number of rotatable bonds is 3. The van der Waals surface area contributed by atoms with Crippen LogP contribution in [0, 0.1) is 6.92 Å². The normalized spacial score (nSPS) is 19.9. The van der Waals surface area contributed by atoms with Gasteiger partial charge in [0.25, 0.3) is 0 Å². The Labute approximate surface area is 148 Å². The van der Waals surface area contributed by atoms with Crippen molar-refractivity contribution >= 4 is 17.4 Å². The number of hydrogen-bond acceptors (Lipinski definition) is 4. The molecule has 5 heteroatoms. The van der Waals surface area contributed by atoms with E-state index < -0.39 is 5.41 Å². The third-order valence-electron chi connectivity index (χ3n) is 4.93. The molecule has 0 fully saturated rings. The molecule has 1 aliphatic heterocycles. The average Bonchev–Trinajstić information content (AvgIpc) is 2.83. The molecule has 0 aliphatic carbocycles. The fourth-order valence-electron chi connectivity index (χ4n) is 3.23. The van der Waals surface area contributed by atoms with Crippen molar-refractivity contribution in [3.8, 4) is 11.1 Å². The van der Waals surface area contributed by atoms with Gasteiger partial charge in [0.2, 0.25) is 5.91 Å². The number of nitrogens with zero attached hydrogens (tertiary/aromatic N) is 4. The zero-order chi connectivity index (χ0) is 18.2. The SMILES string of the molecule is C=CN=C(C)N1C(=O)C(C)(CC)c2ccc(-c3cnc(C)nc3)cc21. The van der Waals surface area contributed by atoms with Gasteiger partial charge >= 0.3 is 0 Å². The number of carbonyl (C=O) groups is 1. The topological polar surface area (TPSA) is 58.5 Å². The van der Waals surface area contributed by atoms with Crippen molar-refractivity contribution in [2.45, 2.75) is 39.5 Å². The highest BCUT2D eigenvalue weighted by molar-refractivity contribution is 6.24. The van der Waals surface area contributed by atoms with Crippen LogP contribution in [0.2, 0.25) is 0 Å². The highest BCUT2D eigenvalue weighted by Gasteiger charge is 2.47. The summed E-state index contributed by atoms with van der Waals surface area (Å²) in [5.74, 6) is 1.40. The molecule has 1 aliphatic rings. The molecule has 3 rings (SSSR count). The molecule has 5 nitrogen and oxygen atoms in total. The van der Waals surface area contributed by atoms with Crippen LogP contribution in [-0.4, -0.2) is 21.7 Å². The minimum absolute atomic E-state index is 0.0467. The van der Waals surface area contributed by atoms with Gasteiger partial charge in [-0.05, 0) is 44.4 Å². The van der Waals surface area contributed by atoms with E-state index in [2.05, 4.69) is 21.5 Å². The number of hydrogen-bond donors (Lipinski definition) is 0. The molecule has 2 aromatic rings. The maximum Gasteiger partial charge on any atom is 0.242 e. The molecule has 0 saturated heterocycles. The van der Waals surface area contributed by atoms with Gasteiger partial charge in [0.1, 0.15) is 11.7 Å². The highest BCUT2D eigenvalue weighted by atomic mass is 16.2. The lowest BCUT2D eigenvalue weighted by Crippen LogP contribution is -2.40. The molecule has 0 saturated carbocycles. The van der Waals surface area contributed by atoms with E-state index in [1.54, 1.807) is 17.3 Å². The molecule has 1 aromatic carbocycles. The molecule has 1 amide bonds. The maximum absolute atomic E-state index is 13.1. The van der Waals surface area contributed by atoms with Gasteiger partial charge in [0.15, 0.2) is 0 Å². The number of anilines is 1. The van der Waals surface area contributed by atoms with Crippen LogP contribution in [0.1, 0.15) is 38.6 Å². The van der Waals surface area contributed by atoms with Crippen molar-refractivity contribution in [2.24, 2.45) is 4.99 Å². The van der Waals surface area contributed by atoms with Gasteiger partial charge in [-0.2, -0.15) is 0 Å². The third-order valence-corrected chi connectivity index (χ3v) is 4.93. The molecule has 0 N–H and O–H groups in total. The molecular weight excluding hydrogens is 312 g/mol. The minimum Gasteiger partial charge on any atom is -0.273 e. The first-order chi connectivity index (χ1) is 11.9. The summed E-state index contributed by atoms with van der Waals surface area (Å²) in [6.45, 7) is 11.3. The monoisotopic (exact) mass is 334 g/mol. The van der Waals surface area contributed by atoms with Crippen LogP contribution in [-0.2, 0) is 10.2 Å². The van der Waals surface area contributed by atoms with Gasteiger partial charge in [-0.25, -0.2) is 15.0 Å². The molecule has 0 radical (unpaired) electrons. The van der Waals surface area contributed by atoms with Crippen LogP contribution in [0.25, 0.3) is 11.1 Å². The quantitative estimate of drug-likeness (QED) is 0.629. The summed E-state index contributed by atoms with van der Waals surface area (Å²) in [4.78, 5) is 27.6. The van der Waals surface area contributed by atoms with E-state index in [1.165, 1.54) is 6.20 Å². The van der Waals surface area contributed by atoms with Gasteiger partial charge < -0.3 is 0 Å². The van der Waals surface area contributed by atoms with Gasteiger partial charge in [0, 0.05) is 24.2 Å². The number of aryl methyl sites for hydroxylation is 1. The highest BCUT2D eigenvalue weighted by Crippen LogP contribution is 2.45. The molecule has 2 heterocycles. The standard InChI is InChI=1S/C20H22N4O/c1-6-20(5)17-9-8-15(16-11-22-13(3)23-12-16)10-18(17)24(19(20)25)14(4)21-7-2/h7-12H,2,6H2,1,3-5H3. The Morgan fingerprint density at radius 3 is 2.60 bits per heavy atom. The lowest BCUT2D eigenvalue weighted by Gasteiger charge is -2.22. The van der Waals surface area contributed by atoms with Gasteiger partial charge in [0.05, 0.1) is 11.1 Å². The molecule has 25 heavy (non-hydrogen) atoms. The molecule has 1 atom stereocenters. The largest absolute Gasteiger partial charge is 0.273 e. The Hall–Kier alpha value is -2.82. The second-order valence-corrected chi connectivity index (χ2v) is 6.44. The van der Waals surface area contributed by atoms with E-state index in [0.717, 1.165) is 34.6 Å². The van der Waals surface area contributed by atoms with Crippen LogP contribution in [0.4, 0.5) is 5.69 Å². The van der Waals surface area contributed by atoms with Crippen molar-refractivity contribution < 1.29 is 4.79 Å². The molecule has 1 aromatic heterocycles. The molecule has 0 spiro atoms. The Bertz CT molecular complexity index is 870. The van der Waals surface area contributed by atoms with E-state index in [-0.39, 0.29) is 5.91 Å². The zero-order valence-corrected chi connectivity index (χ0v) is 15.1. The van der Waals surface area contributed by atoms with Crippen LogP contribution >= 0.6 is 0 Å². The van der Waals surface area contributed by atoms with E-state index in [0.29, 0.717) is 5.84 Å². The number of benzene rings is 1. The summed E-state index contributed by atoms with van der Waals surface area (Å²) in [7, 11) is 0.